The SMILES string of the molecule is CC1(C)c2c(-c3nc(-c4ccc5c(c4)c4ccccc4n5-c4ccccc4)c4ccccc4n3)cccc2-n2c3sc4ccccc4c3c3cccc1c32. The Bertz CT molecular complexity index is 3360. The quantitative estimate of drug-likeness (QED) is 0.183. The molecule has 0 radical (unpaired) electrons. The molecular weight excluding hydrogens is 677 g/mol. The number of para-hydroxylation sites is 4. The zero-order valence-electron chi connectivity index (χ0n) is 29.7. The summed E-state index contributed by atoms with van der Waals surface area (Å²) in [5.74, 6) is 0.746. The van der Waals surface area contributed by atoms with Crippen LogP contribution in [0.4, 0.5) is 0 Å². The van der Waals surface area contributed by atoms with E-state index in [0.717, 1.165) is 39.2 Å². The van der Waals surface area contributed by atoms with E-state index in [2.05, 4.69) is 181 Å². The largest absolute Gasteiger partial charge is 0.309 e. The van der Waals surface area contributed by atoms with E-state index in [1.54, 1.807) is 0 Å². The summed E-state index contributed by atoms with van der Waals surface area (Å²) in [6, 6.07) is 56.9. The maximum Gasteiger partial charge on any atom is 0.160 e. The molecule has 7 aromatic carbocycles. The van der Waals surface area contributed by atoms with E-state index >= 15 is 0 Å². The zero-order chi connectivity index (χ0) is 35.7. The van der Waals surface area contributed by atoms with Crippen molar-refractivity contribution in [2.45, 2.75) is 19.3 Å². The summed E-state index contributed by atoms with van der Waals surface area (Å²) in [6.45, 7) is 4.73. The van der Waals surface area contributed by atoms with E-state index in [1.807, 2.05) is 11.3 Å². The molecule has 4 nitrogen and oxygen atoms in total. The summed E-state index contributed by atoms with van der Waals surface area (Å²) in [4.78, 5) is 12.1. The highest BCUT2D eigenvalue weighted by Gasteiger charge is 2.38. The Kier molecular flexibility index (Phi) is 5.96. The molecule has 254 valence electrons. The first kappa shape index (κ1) is 30.0. The first-order valence-corrected chi connectivity index (χ1v) is 19.3. The molecule has 0 N–H and O–H groups in total. The van der Waals surface area contributed by atoms with Crippen molar-refractivity contribution in [2.24, 2.45) is 0 Å². The van der Waals surface area contributed by atoms with Crippen molar-refractivity contribution < 1.29 is 0 Å². The van der Waals surface area contributed by atoms with Crippen molar-refractivity contribution in [1.29, 1.82) is 0 Å². The van der Waals surface area contributed by atoms with Crippen LogP contribution in [0.2, 0.25) is 0 Å². The summed E-state index contributed by atoms with van der Waals surface area (Å²) < 4.78 is 6.19. The van der Waals surface area contributed by atoms with Gasteiger partial charge in [0, 0.05) is 59.2 Å². The van der Waals surface area contributed by atoms with Crippen LogP contribution in [0.25, 0.3) is 97.9 Å². The fraction of sp³-hybridized carbons (Fsp3) is 0.0612. The Labute approximate surface area is 315 Å². The van der Waals surface area contributed by atoms with Gasteiger partial charge in [-0.2, -0.15) is 0 Å². The highest BCUT2D eigenvalue weighted by molar-refractivity contribution is 7.25. The molecule has 5 heteroatoms. The zero-order valence-corrected chi connectivity index (χ0v) is 30.5. The number of nitrogens with zero attached hydrogens (tertiary/aromatic N) is 4. The van der Waals surface area contributed by atoms with E-state index in [1.165, 1.54) is 69.8 Å². The van der Waals surface area contributed by atoms with Crippen LogP contribution in [0.5, 0.6) is 0 Å². The fourth-order valence-electron chi connectivity index (χ4n) is 9.37. The average Bonchev–Trinajstić information content (AvgIpc) is 3.87. The molecule has 12 rings (SSSR count). The van der Waals surface area contributed by atoms with Crippen LogP contribution >= 0.6 is 11.3 Å². The summed E-state index contributed by atoms with van der Waals surface area (Å²) >= 11 is 1.88. The lowest BCUT2D eigenvalue weighted by atomic mass is 9.72. The topological polar surface area (TPSA) is 35.6 Å². The molecule has 0 saturated carbocycles. The van der Waals surface area contributed by atoms with Gasteiger partial charge in [0.05, 0.1) is 33.4 Å². The molecule has 54 heavy (non-hydrogen) atoms. The Balaban J connectivity index is 1.12. The fourth-order valence-corrected chi connectivity index (χ4v) is 10.6. The molecule has 5 heterocycles. The van der Waals surface area contributed by atoms with Crippen LogP contribution < -0.4 is 0 Å². The van der Waals surface area contributed by atoms with Crippen molar-refractivity contribution >= 4 is 75.3 Å². The van der Waals surface area contributed by atoms with E-state index in [0.29, 0.717) is 0 Å². The molecule has 0 unspecified atom stereocenters. The third kappa shape index (κ3) is 3.91. The van der Waals surface area contributed by atoms with Crippen molar-refractivity contribution in [3.63, 3.8) is 0 Å². The van der Waals surface area contributed by atoms with Gasteiger partial charge in [0.2, 0.25) is 0 Å². The van der Waals surface area contributed by atoms with Crippen LogP contribution in [0.1, 0.15) is 25.0 Å². The molecule has 1 aliphatic rings. The third-order valence-electron chi connectivity index (χ3n) is 11.7. The van der Waals surface area contributed by atoms with Crippen LogP contribution in [0.3, 0.4) is 0 Å². The minimum absolute atomic E-state index is 0.301. The summed E-state index contributed by atoms with van der Waals surface area (Å²) in [5, 5.41) is 7.45. The van der Waals surface area contributed by atoms with E-state index in [4.69, 9.17) is 9.97 Å². The van der Waals surface area contributed by atoms with Gasteiger partial charge in [0.15, 0.2) is 5.82 Å². The van der Waals surface area contributed by atoms with Gasteiger partial charge in [-0.25, -0.2) is 9.97 Å². The third-order valence-corrected chi connectivity index (χ3v) is 12.9. The molecule has 0 spiro atoms. The van der Waals surface area contributed by atoms with Gasteiger partial charge in [-0.05, 0) is 59.7 Å². The molecule has 0 atom stereocenters. The Morgan fingerprint density at radius 2 is 1.28 bits per heavy atom. The highest BCUT2D eigenvalue weighted by atomic mass is 32.1. The number of rotatable bonds is 3. The van der Waals surface area contributed by atoms with Gasteiger partial charge in [-0.15, -0.1) is 11.3 Å². The lowest BCUT2D eigenvalue weighted by Gasteiger charge is -2.36. The van der Waals surface area contributed by atoms with E-state index in [9.17, 15) is 0 Å². The maximum absolute atomic E-state index is 5.53. The van der Waals surface area contributed by atoms with Crippen LogP contribution in [-0.4, -0.2) is 19.1 Å². The highest BCUT2D eigenvalue weighted by Crippen LogP contribution is 2.52. The monoisotopic (exact) mass is 708 g/mol. The molecule has 0 bridgehead atoms. The molecular formula is C49H32N4S. The van der Waals surface area contributed by atoms with E-state index in [-0.39, 0.29) is 5.41 Å². The molecule has 1 aliphatic heterocycles. The van der Waals surface area contributed by atoms with Gasteiger partial charge in [0.25, 0.3) is 0 Å². The summed E-state index contributed by atoms with van der Waals surface area (Å²) in [5.41, 5.74) is 12.3. The Hall–Kier alpha value is -6.56. The second-order valence-corrected chi connectivity index (χ2v) is 16.0. The van der Waals surface area contributed by atoms with Gasteiger partial charge >= 0.3 is 0 Å². The van der Waals surface area contributed by atoms with Crippen LogP contribution in [-0.2, 0) is 5.41 Å². The predicted octanol–water partition coefficient (Wildman–Crippen LogP) is 13.0. The Morgan fingerprint density at radius 3 is 2.17 bits per heavy atom. The molecule has 0 amide bonds. The standard InChI is InChI=1S/C49H32N4S/c1-49(2)37-21-12-19-34-43-33-18-8-11-25-42(33)54-48(43)53(46(34)37)41-24-13-20-35(44(41)49)47-50-38-22-9-6-17-32(38)45(51-47)29-26-27-40-36(28-29)31-16-7-10-23-39(31)52(40)30-14-4-3-5-15-30/h3-28H,1-2H3. The van der Waals surface area contributed by atoms with Gasteiger partial charge in [-0.1, -0.05) is 123 Å². The number of benzene rings is 7. The number of thiophene rings is 1. The normalized spacial score (nSPS) is 13.5. The molecule has 0 saturated heterocycles. The second-order valence-electron chi connectivity index (χ2n) is 15.0. The number of hydrogen-bond donors (Lipinski definition) is 0. The number of fused-ring (bicyclic) bond motifs is 11. The van der Waals surface area contributed by atoms with Crippen molar-refractivity contribution in [3.8, 4) is 34.0 Å². The lowest BCUT2D eigenvalue weighted by Crippen LogP contribution is -2.27. The van der Waals surface area contributed by atoms with Gasteiger partial charge < -0.3 is 9.13 Å². The summed E-state index contributed by atoms with van der Waals surface area (Å²) in [7, 11) is 0. The van der Waals surface area contributed by atoms with E-state index < -0.39 is 0 Å². The van der Waals surface area contributed by atoms with Crippen molar-refractivity contribution in [1.82, 2.24) is 19.1 Å². The molecule has 0 fully saturated rings. The first-order valence-electron chi connectivity index (χ1n) is 18.5. The van der Waals surface area contributed by atoms with Crippen LogP contribution in [0, 0.1) is 0 Å². The predicted molar refractivity (Wildman–Crippen MR) is 227 cm³/mol. The molecule has 4 aromatic heterocycles. The second kappa shape index (κ2) is 10.8. The average molecular weight is 709 g/mol. The van der Waals surface area contributed by atoms with Crippen molar-refractivity contribution in [3.05, 3.63) is 169 Å². The number of hydrogen-bond acceptors (Lipinski definition) is 3. The first-order chi connectivity index (χ1) is 26.6. The maximum atomic E-state index is 5.53. The van der Waals surface area contributed by atoms with Crippen LogP contribution in [0.15, 0.2) is 158 Å². The molecule has 11 aromatic rings. The van der Waals surface area contributed by atoms with Gasteiger partial charge in [-0.3, -0.25) is 0 Å². The Morgan fingerprint density at radius 1 is 0.556 bits per heavy atom. The van der Waals surface area contributed by atoms with Gasteiger partial charge in [0.1, 0.15) is 4.83 Å². The smallest absolute Gasteiger partial charge is 0.160 e. The molecule has 0 aliphatic carbocycles. The minimum Gasteiger partial charge on any atom is -0.309 e. The van der Waals surface area contributed by atoms with Crippen molar-refractivity contribution in [2.75, 3.05) is 0 Å². The minimum atomic E-state index is -0.301. The number of aromatic nitrogens is 4. The lowest BCUT2D eigenvalue weighted by molar-refractivity contribution is 0.631. The summed E-state index contributed by atoms with van der Waals surface area (Å²) in [6.07, 6.45) is 0.